The fourth-order valence-corrected chi connectivity index (χ4v) is 13.9. The van der Waals surface area contributed by atoms with Gasteiger partial charge in [-0.05, 0) is 130 Å². The lowest BCUT2D eigenvalue weighted by molar-refractivity contribution is -0.125. The van der Waals surface area contributed by atoms with Crippen LogP contribution in [-0.2, 0) is 21.4 Å². The number of rotatable bonds is 19. The molecule has 3 fully saturated rings. The molecule has 6 unspecified atom stereocenters. The number of allylic oxidation sites excluding steroid dienone is 2. The number of nitrogens with zero attached hydrogens (tertiary/aromatic N) is 1. The maximum absolute atomic E-state index is 15.2. The fourth-order valence-electron chi connectivity index (χ4n) is 11.6. The Bertz CT molecular complexity index is 1890. The molecule has 1 heterocycles. The fraction of sp³-hybridized carbons (Fsp3) is 0.692. The van der Waals surface area contributed by atoms with Crippen molar-refractivity contribution in [3.63, 3.8) is 0 Å². The van der Waals surface area contributed by atoms with Crippen LogP contribution in [0.4, 0.5) is 5.69 Å². The van der Waals surface area contributed by atoms with E-state index in [-0.39, 0.29) is 40.5 Å². The van der Waals surface area contributed by atoms with E-state index in [1.54, 1.807) is 41.8 Å². The van der Waals surface area contributed by atoms with E-state index in [1.807, 2.05) is 25.3 Å². The van der Waals surface area contributed by atoms with Crippen LogP contribution in [0.25, 0.3) is 0 Å². The zero-order valence-electron chi connectivity index (χ0n) is 40.1. The molecule has 0 radical (unpaired) electrons. The molecule has 2 aromatic rings. The lowest BCUT2D eigenvalue weighted by Crippen LogP contribution is -2.43. The van der Waals surface area contributed by atoms with Crippen LogP contribution in [0, 0.1) is 23.2 Å². The minimum Gasteiger partial charge on any atom is -0.504 e. The third-order valence-electron chi connectivity index (χ3n) is 15.1. The second kappa shape index (κ2) is 24.8. The van der Waals surface area contributed by atoms with Gasteiger partial charge in [0.05, 0.1) is 18.7 Å². The lowest BCUT2D eigenvalue weighted by atomic mass is 9.66. The molecular weight excluding hydrogens is 857 g/mol. The molecule has 0 saturated heterocycles. The molecule has 6 atom stereocenters. The summed E-state index contributed by atoms with van der Waals surface area (Å²) in [5.41, 5.74) is 1.19. The molecule has 65 heavy (non-hydrogen) atoms. The highest BCUT2D eigenvalue weighted by Crippen LogP contribution is 2.54. The average molecular weight is 937 g/mol. The lowest BCUT2D eigenvalue weighted by Gasteiger charge is -2.39. The molecule has 0 aromatic heterocycles. The van der Waals surface area contributed by atoms with E-state index in [1.165, 1.54) is 6.42 Å². The van der Waals surface area contributed by atoms with Crippen molar-refractivity contribution in [2.45, 2.75) is 160 Å². The summed E-state index contributed by atoms with van der Waals surface area (Å²) in [4.78, 5) is 19.8. The Morgan fingerprint density at radius 1 is 0.954 bits per heavy atom. The third-order valence-corrected chi connectivity index (χ3v) is 17.4. The molecule has 13 heteroatoms. The topological polar surface area (TPSA) is 154 Å². The zero-order chi connectivity index (χ0) is 46.3. The van der Waals surface area contributed by atoms with Crippen LogP contribution in [0.15, 0.2) is 47.5 Å². The summed E-state index contributed by atoms with van der Waals surface area (Å²) in [6.45, 7) is 5.60. The number of hydrogen-bond acceptors (Lipinski definition) is 11. The molecule has 11 nitrogen and oxygen atoms in total. The summed E-state index contributed by atoms with van der Waals surface area (Å²) in [5.74, 6) is 3.66. The largest absolute Gasteiger partial charge is 0.504 e. The van der Waals surface area contributed by atoms with Gasteiger partial charge in [0.15, 0.2) is 41.0 Å². The molecule has 6 rings (SSSR count). The first-order valence-corrected chi connectivity index (χ1v) is 27.3. The maximum Gasteiger partial charge on any atom is 0.196 e. The quantitative estimate of drug-likeness (QED) is 0.0344. The number of ether oxygens (including phenoxy) is 3. The number of carbonyl (C=O) groups excluding carboxylic acids is 1. The van der Waals surface area contributed by atoms with Crippen LogP contribution in [0.5, 0.6) is 23.0 Å². The van der Waals surface area contributed by atoms with Gasteiger partial charge in [-0.1, -0.05) is 105 Å². The van der Waals surface area contributed by atoms with Gasteiger partial charge in [0.1, 0.15) is 5.60 Å². The van der Waals surface area contributed by atoms with E-state index in [2.05, 4.69) is 53.0 Å². The SMILES string of the molecule is CCCCCCOC(O)CC1CCC(CNC)(Oc2cc3cc(c2O)NC(=NC)NCSSCC2CCCC2(Cc2ccc(O)c(OC)c2)C(=O)C=CC(CCCCC)C32CCCC2)C1. The number of aliphatic imine (C=N–C) groups is 1. The van der Waals surface area contributed by atoms with Crippen molar-refractivity contribution in [2.75, 3.05) is 51.3 Å². The number of ketones is 1. The van der Waals surface area contributed by atoms with Gasteiger partial charge < -0.3 is 45.5 Å². The van der Waals surface area contributed by atoms with Crippen LogP contribution < -0.4 is 25.4 Å². The predicted octanol–water partition coefficient (Wildman–Crippen LogP) is 11.1. The zero-order valence-corrected chi connectivity index (χ0v) is 41.7. The smallest absolute Gasteiger partial charge is 0.196 e. The molecule has 2 aromatic carbocycles. The van der Waals surface area contributed by atoms with E-state index in [4.69, 9.17) is 14.2 Å². The van der Waals surface area contributed by atoms with Gasteiger partial charge >= 0.3 is 0 Å². The maximum atomic E-state index is 15.2. The first kappa shape index (κ1) is 51.3. The second-order valence-electron chi connectivity index (χ2n) is 19.5. The molecule has 3 aliphatic carbocycles. The van der Waals surface area contributed by atoms with E-state index in [0.717, 1.165) is 126 Å². The Hall–Kier alpha value is -3.10. The summed E-state index contributed by atoms with van der Waals surface area (Å²) in [6.07, 6.45) is 22.5. The second-order valence-corrected chi connectivity index (χ2v) is 22.0. The molecule has 1 spiro atoms. The number of phenols is 2. The number of aromatic hydroxyl groups is 2. The van der Waals surface area contributed by atoms with Crippen LogP contribution in [0.3, 0.4) is 0 Å². The van der Waals surface area contributed by atoms with Crippen LogP contribution in [0.1, 0.15) is 147 Å². The third kappa shape index (κ3) is 12.9. The van der Waals surface area contributed by atoms with E-state index >= 15 is 4.79 Å². The average Bonchev–Trinajstić information content (AvgIpc) is 4.06. The molecule has 2 bridgehead atoms. The highest BCUT2D eigenvalue weighted by atomic mass is 33.1. The summed E-state index contributed by atoms with van der Waals surface area (Å²) in [7, 11) is 8.75. The highest BCUT2D eigenvalue weighted by molar-refractivity contribution is 8.76. The minimum absolute atomic E-state index is 0.0491. The summed E-state index contributed by atoms with van der Waals surface area (Å²) >= 11 is 0. The van der Waals surface area contributed by atoms with Crippen molar-refractivity contribution in [1.82, 2.24) is 10.6 Å². The number of likely N-dealkylation sites (N-methyl/N-ethyl adjacent to an activating group) is 1. The number of aliphatic hydroxyl groups excluding tert-OH is 1. The van der Waals surface area contributed by atoms with Crippen LogP contribution in [-0.4, -0.2) is 84.9 Å². The standard InChI is InChI=1S/C52H80N4O7S2/c1-6-8-10-14-27-62-47(59)29-38-22-26-50(32-38,35-53-3)63-45-31-41-30-42(48(45)60)56-49(54-4)55-36-65-64-34-40-17-15-25-52(40,33-37-18-20-43(57)44(28-37)61-5)46(58)21-19-39(16-11-9-7-2)51(41)23-12-13-24-51/h18-21,28,30-31,38-40,47,53,57,59-60H,6-17,22-27,29,32-36H2,1-5H3,(H2,54,55,56). The van der Waals surface area contributed by atoms with Gasteiger partial charge in [-0.2, -0.15) is 0 Å². The first-order valence-electron chi connectivity index (χ1n) is 24.9. The summed E-state index contributed by atoms with van der Waals surface area (Å²) < 4.78 is 18.6. The van der Waals surface area contributed by atoms with Crippen molar-refractivity contribution in [2.24, 2.45) is 28.2 Å². The van der Waals surface area contributed by atoms with Gasteiger partial charge in [0, 0.05) is 43.2 Å². The number of hydrogen-bond donors (Lipinski definition) is 6. The van der Waals surface area contributed by atoms with Gasteiger partial charge in [0.2, 0.25) is 0 Å². The van der Waals surface area contributed by atoms with Crippen LogP contribution >= 0.6 is 21.6 Å². The molecule has 6 N–H and O–H groups in total. The van der Waals surface area contributed by atoms with Gasteiger partial charge in [-0.15, -0.1) is 0 Å². The summed E-state index contributed by atoms with van der Waals surface area (Å²) in [5, 5.41) is 44.0. The number of phenolic OH excluding ortho intramolecular Hbond substituents is 2. The monoisotopic (exact) mass is 937 g/mol. The Kier molecular flexibility index (Phi) is 19.6. The molecule has 1 aliphatic heterocycles. The molecule has 4 aliphatic rings. The van der Waals surface area contributed by atoms with Crippen molar-refractivity contribution in [3.05, 3.63) is 53.6 Å². The molecule has 3 saturated carbocycles. The van der Waals surface area contributed by atoms with Gasteiger partial charge in [0.25, 0.3) is 0 Å². The van der Waals surface area contributed by atoms with Gasteiger partial charge in [-0.3, -0.25) is 9.79 Å². The number of methoxy groups -OCH3 is 1. The molecule has 0 amide bonds. The predicted molar refractivity (Wildman–Crippen MR) is 269 cm³/mol. The van der Waals surface area contributed by atoms with Crippen molar-refractivity contribution >= 4 is 39.0 Å². The number of carbonyl (C=O) groups is 1. The van der Waals surface area contributed by atoms with E-state index < -0.39 is 17.3 Å². The number of benzene rings is 2. The first-order chi connectivity index (χ1) is 31.5. The number of nitrogens with one attached hydrogen (secondary N) is 3. The molecular formula is C52H80N4O7S2. The van der Waals surface area contributed by atoms with Crippen LogP contribution in [0.2, 0.25) is 0 Å². The number of guanidine groups is 1. The Morgan fingerprint density at radius 2 is 1.75 bits per heavy atom. The van der Waals surface area contributed by atoms with Crippen molar-refractivity contribution in [1.29, 1.82) is 0 Å². The Morgan fingerprint density at radius 3 is 2.51 bits per heavy atom. The van der Waals surface area contributed by atoms with Crippen molar-refractivity contribution in [3.8, 4) is 23.0 Å². The number of fused-ring (bicyclic) bond motifs is 4. The normalized spacial score (nSPS) is 27.0. The number of anilines is 1. The Balaban J connectivity index is 1.39. The number of unbranched alkanes of at least 4 members (excludes halogenated alkanes) is 5. The minimum atomic E-state index is -0.808. The summed E-state index contributed by atoms with van der Waals surface area (Å²) in [6, 6.07) is 9.75. The van der Waals surface area contributed by atoms with Gasteiger partial charge in [-0.25, -0.2) is 0 Å². The highest BCUT2D eigenvalue weighted by Gasteiger charge is 2.49. The molecule has 362 valence electrons. The van der Waals surface area contributed by atoms with E-state index in [0.29, 0.717) is 55.0 Å². The van der Waals surface area contributed by atoms with E-state index in [9.17, 15) is 15.3 Å². The number of aliphatic hydroxyl groups is 1. The van der Waals surface area contributed by atoms with Crippen molar-refractivity contribution < 1.29 is 34.3 Å². The Labute approximate surface area is 397 Å².